The monoisotopic (exact) mass is 466 g/mol. The van der Waals surface area contributed by atoms with E-state index in [2.05, 4.69) is 20.3 Å². The number of H-pyrrole nitrogens is 1. The molecular formula is C25H24F2N4O3. The number of carbonyl (C=O) groups is 1. The fraction of sp³-hybridized carbons (Fsp3) is 0.240. The van der Waals surface area contributed by atoms with E-state index in [1.54, 1.807) is 19.1 Å². The lowest BCUT2D eigenvalue weighted by atomic mass is 10.1. The summed E-state index contributed by atoms with van der Waals surface area (Å²) in [7, 11) is 0. The number of nitrogens with zero attached hydrogens (tertiary/aromatic N) is 2. The van der Waals surface area contributed by atoms with Gasteiger partial charge in [-0.25, -0.2) is 18.7 Å². The lowest BCUT2D eigenvalue weighted by Gasteiger charge is -2.09. The highest BCUT2D eigenvalue weighted by Crippen LogP contribution is 2.25. The van der Waals surface area contributed by atoms with Crippen LogP contribution in [0.25, 0.3) is 22.3 Å². The van der Waals surface area contributed by atoms with Crippen LogP contribution in [-0.2, 0) is 11.3 Å². The first-order valence-corrected chi connectivity index (χ1v) is 10.9. The Balaban J connectivity index is 1.26. The molecule has 0 aliphatic carbocycles. The van der Waals surface area contributed by atoms with E-state index in [1.807, 2.05) is 24.3 Å². The molecule has 2 aromatic carbocycles. The van der Waals surface area contributed by atoms with Crippen LogP contribution in [0, 0.1) is 11.6 Å². The first-order valence-electron chi connectivity index (χ1n) is 10.9. The molecule has 0 saturated heterocycles. The first kappa shape index (κ1) is 23.3. The van der Waals surface area contributed by atoms with Gasteiger partial charge in [0.05, 0.1) is 24.4 Å². The molecule has 0 amide bonds. The number of hydrogen-bond donors (Lipinski definition) is 3. The number of ether oxygens (including phenoxy) is 1. The van der Waals surface area contributed by atoms with Gasteiger partial charge in [-0.2, -0.15) is 0 Å². The first-order chi connectivity index (χ1) is 16.4. The fourth-order valence-corrected chi connectivity index (χ4v) is 3.45. The highest BCUT2D eigenvalue weighted by Gasteiger charge is 2.16. The largest absolute Gasteiger partial charge is 0.494 e. The van der Waals surface area contributed by atoms with Gasteiger partial charge in [0.15, 0.2) is 11.6 Å². The Kier molecular flexibility index (Phi) is 7.12. The molecule has 176 valence electrons. The minimum atomic E-state index is -0.885. The van der Waals surface area contributed by atoms with E-state index in [9.17, 15) is 18.7 Å². The smallest absolute Gasteiger partial charge is 0.312 e. The van der Waals surface area contributed by atoms with Crippen LogP contribution < -0.4 is 10.1 Å². The Bertz CT molecular complexity index is 1290. The quantitative estimate of drug-likeness (QED) is 0.294. The number of carboxylic acid groups (broad SMARTS) is 1. The van der Waals surface area contributed by atoms with Crippen molar-refractivity contribution >= 4 is 16.9 Å². The van der Waals surface area contributed by atoms with Crippen molar-refractivity contribution in [2.24, 2.45) is 0 Å². The Hall–Kier alpha value is -3.85. The van der Waals surface area contributed by atoms with Crippen LogP contribution in [0.5, 0.6) is 5.75 Å². The summed E-state index contributed by atoms with van der Waals surface area (Å²) in [5.41, 5.74) is 2.34. The highest BCUT2D eigenvalue weighted by atomic mass is 19.1. The zero-order chi connectivity index (χ0) is 24.1. The van der Waals surface area contributed by atoms with Gasteiger partial charge in [0.25, 0.3) is 0 Å². The Morgan fingerprint density at radius 2 is 1.97 bits per heavy atom. The van der Waals surface area contributed by atoms with Gasteiger partial charge < -0.3 is 20.1 Å². The molecule has 4 rings (SSSR count). The SMILES string of the molecule is CC(C(=O)O)c1cc2cc(OCCCNCc3nc(-c4ccc(F)cc4)ncc3F)ccc2[nH]1. The van der Waals surface area contributed by atoms with Gasteiger partial charge in [0, 0.05) is 28.7 Å². The number of aliphatic carboxylic acids is 1. The standard InChI is InChI=1S/C25H24F2N4O3/c1-15(25(32)33)22-12-17-11-19(7-8-21(17)30-22)34-10-2-9-28-14-23-20(27)13-29-24(31-23)16-3-5-18(26)6-4-16/h3-8,11-13,15,28,30H,2,9-10,14H2,1H3,(H,32,33). The molecule has 1 unspecified atom stereocenters. The van der Waals surface area contributed by atoms with Crippen LogP contribution in [0.3, 0.4) is 0 Å². The number of carboxylic acids is 1. The van der Waals surface area contributed by atoms with Crippen molar-refractivity contribution < 1.29 is 23.4 Å². The summed E-state index contributed by atoms with van der Waals surface area (Å²) in [4.78, 5) is 22.5. The number of rotatable bonds is 10. The second-order valence-corrected chi connectivity index (χ2v) is 7.91. The van der Waals surface area contributed by atoms with E-state index >= 15 is 0 Å². The molecule has 9 heteroatoms. The van der Waals surface area contributed by atoms with Gasteiger partial charge in [-0.3, -0.25) is 4.79 Å². The normalized spacial score (nSPS) is 12.1. The minimum Gasteiger partial charge on any atom is -0.494 e. The predicted molar refractivity (Wildman–Crippen MR) is 124 cm³/mol. The van der Waals surface area contributed by atoms with Gasteiger partial charge in [-0.15, -0.1) is 0 Å². The summed E-state index contributed by atoms with van der Waals surface area (Å²) in [6, 6.07) is 13.1. The van der Waals surface area contributed by atoms with Gasteiger partial charge in [0.2, 0.25) is 0 Å². The summed E-state index contributed by atoms with van der Waals surface area (Å²) >= 11 is 0. The molecule has 0 bridgehead atoms. The molecule has 3 N–H and O–H groups in total. The molecule has 4 aromatic rings. The summed E-state index contributed by atoms with van der Waals surface area (Å²) in [5.74, 6) is -1.35. The van der Waals surface area contributed by atoms with Crippen molar-refractivity contribution in [3.63, 3.8) is 0 Å². The van der Waals surface area contributed by atoms with Crippen LogP contribution in [0.1, 0.15) is 30.7 Å². The Morgan fingerprint density at radius 1 is 1.18 bits per heavy atom. The van der Waals surface area contributed by atoms with E-state index in [1.165, 1.54) is 12.1 Å². The maximum atomic E-state index is 14.1. The summed E-state index contributed by atoms with van der Waals surface area (Å²) in [6.45, 7) is 2.90. The molecule has 0 fully saturated rings. The molecule has 2 aromatic heterocycles. The van der Waals surface area contributed by atoms with Crippen molar-refractivity contribution in [3.05, 3.63) is 77.8 Å². The zero-order valence-electron chi connectivity index (χ0n) is 18.5. The number of aromatic nitrogens is 3. The van der Waals surface area contributed by atoms with Crippen molar-refractivity contribution in [3.8, 4) is 17.1 Å². The van der Waals surface area contributed by atoms with Crippen LogP contribution in [0.15, 0.2) is 54.7 Å². The van der Waals surface area contributed by atoms with E-state index in [-0.39, 0.29) is 18.1 Å². The summed E-state index contributed by atoms with van der Waals surface area (Å²) in [6.07, 6.45) is 1.80. The number of aromatic amines is 1. The van der Waals surface area contributed by atoms with Crippen LogP contribution >= 0.6 is 0 Å². The zero-order valence-corrected chi connectivity index (χ0v) is 18.5. The summed E-state index contributed by atoms with van der Waals surface area (Å²) in [5, 5.41) is 13.2. The Morgan fingerprint density at radius 3 is 2.74 bits per heavy atom. The number of benzene rings is 2. The van der Waals surface area contributed by atoms with Gasteiger partial charge >= 0.3 is 5.97 Å². The average molecular weight is 466 g/mol. The molecule has 0 spiro atoms. The second-order valence-electron chi connectivity index (χ2n) is 7.91. The molecule has 1 atom stereocenters. The van der Waals surface area contributed by atoms with Gasteiger partial charge in [0.1, 0.15) is 11.6 Å². The van der Waals surface area contributed by atoms with Crippen LogP contribution in [-0.4, -0.2) is 39.2 Å². The average Bonchev–Trinajstić information content (AvgIpc) is 3.25. The molecule has 0 radical (unpaired) electrons. The topological polar surface area (TPSA) is 100 Å². The molecule has 0 aliphatic rings. The molecule has 7 nitrogen and oxygen atoms in total. The van der Waals surface area contributed by atoms with Crippen molar-refractivity contribution in [2.45, 2.75) is 25.8 Å². The van der Waals surface area contributed by atoms with E-state index in [0.29, 0.717) is 42.4 Å². The van der Waals surface area contributed by atoms with Gasteiger partial charge in [-0.1, -0.05) is 0 Å². The number of fused-ring (bicyclic) bond motifs is 1. The van der Waals surface area contributed by atoms with E-state index in [4.69, 9.17) is 4.74 Å². The molecule has 2 heterocycles. The Labute approximate surface area is 194 Å². The third-order valence-electron chi connectivity index (χ3n) is 5.43. The van der Waals surface area contributed by atoms with Crippen molar-refractivity contribution in [1.82, 2.24) is 20.3 Å². The third kappa shape index (κ3) is 5.55. The van der Waals surface area contributed by atoms with Crippen molar-refractivity contribution in [1.29, 1.82) is 0 Å². The van der Waals surface area contributed by atoms with E-state index in [0.717, 1.165) is 17.1 Å². The van der Waals surface area contributed by atoms with E-state index < -0.39 is 17.7 Å². The molecular weight excluding hydrogens is 442 g/mol. The fourth-order valence-electron chi connectivity index (χ4n) is 3.45. The number of hydrogen-bond acceptors (Lipinski definition) is 5. The maximum absolute atomic E-state index is 14.1. The van der Waals surface area contributed by atoms with Gasteiger partial charge in [-0.05, 0) is 68.4 Å². The molecule has 34 heavy (non-hydrogen) atoms. The number of nitrogens with one attached hydrogen (secondary N) is 2. The number of halogens is 2. The maximum Gasteiger partial charge on any atom is 0.312 e. The van der Waals surface area contributed by atoms with Crippen molar-refractivity contribution in [2.75, 3.05) is 13.2 Å². The van der Waals surface area contributed by atoms with Crippen LogP contribution in [0.4, 0.5) is 8.78 Å². The lowest BCUT2D eigenvalue weighted by molar-refractivity contribution is -0.138. The second kappa shape index (κ2) is 10.4. The predicted octanol–water partition coefficient (Wildman–Crippen LogP) is 4.65. The highest BCUT2D eigenvalue weighted by molar-refractivity contribution is 5.84. The third-order valence-corrected chi connectivity index (χ3v) is 5.43. The van der Waals surface area contributed by atoms with Crippen LogP contribution in [0.2, 0.25) is 0 Å². The minimum absolute atomic E-state index is 0.225. The summed E-state index contributed by atoms with van der Waals surface area (Å²) < 4.78 is 33.0. The molecule has 0 aliphatic heterocycles. The lowest BCUT2D eigenvalue weighted by Crippen LogP contribution is -2.19. The molecule has 0 saturated carbocycles.